The van der Waals surface area contributed by atoms with Gasteiger partial charge in [0.25, 0.3) is 0 Å². The molecule has 0 aliphatic heterocycles. The van der Waals surface area contributed by atoms with Crippen molar-refractivity contribution in [2.75, 3.05) is 11.5 Å². The molecule has 0 saturated heterocycles. The van der Waals surface area contributed by atoms with Crippen LogP contribution in [0.3, 0.4) is 0 Å². The summed E-state index contributed by atoms with van der Waals surface area (Å²) in [5.74, 6) is 0.912. The van der Waals surface area contributed by atoms with Gasteiger partial charge in [0.15, 0.2) is 0 Å². The summed E-state index contributed by atoms with van der Waals surface area (Å²) in [6, 6.07) is 36.3. The summed E-state index contributed by atoms with van der Waals surface area (Å²) < 4.78 is 0. The summed E-state index contributed by atoms with van der Waals surface area (Å²) in [6.45, 7) is 4.58. The van der Waals surface area contributed by atoms with Gasteiger partial charge in [0, 0.05) is 23.2 Å². The zero-order valence-electron chi connectivity index (χ0n) is 32.4. The third-order valence-electron chi connectivity index (χ3n) is 11.1. The van der Waals surface area contributed by atoms with Gasteiger partial charge in [-0.25, -0.2) is 0 Å². The van der Waals surface area contributed by atoms with Crippen LogP contribution in [0.15, 0.2) is 97.1 Å². The van der Waals surface area contributed by atoms with Gasteiger partial charge in [0.05, 0.1) is 0 Å². The second kappa shape index (κ2) is 23.9. The van der Waals surface area contributed by atoms with E-state index in [4.69, 9.17) is 11.5 Å². The first-order chi connectivity index (χ1) is 25.1. The van der Waals surface area contributed by atoms with Gasteiger partial charge in [-0.3, -0.25) is 0 Å². The maximum absolute atomic E-state index is 6.02. The van der Waals surface area contributed by atoms with Crippen LogP contribution in [0, 0.1) is 0 Å². The van der Waals surface area contributed by atoms with Crippen LogP contribution >= 0.6 is 0 Å². The van der Waals surface area contributed by atoms with Crippen molar-refractivity contribution in [3.05, 3.63) is 130 Å². The SMILES string of the molecule is CCCCCCCCC(c1ccc(N)cc1)c1ccc(CCCCCCCc2ccc(C(CCCCCCCC)c3ccc(N)cc3)cc2)cc1. The Labute approximate surface area is 312 Å². The van der Waals surface area contributed by atoms with E-state index in [9.17, 15) is 0 Å². The molecule has 0 saturated carbocycles. The molecule has 51 heavy (non-hydrogen) atoms. The van der Waals surface area contributed by atoms with Crippen LogP contribution in [0.5, 0.6) is 0 Å². The van der Waals surface area contributed by atoms with E-state index in [2.05, 4.69) is 111 Å². The highest BCUT2D eigenvalue weighted by atomic mass is 14.5. The predicted octanol–water partition coefficient (Wildman–Crippen LogP) is 14.4. The topological polar surface area (TPSA) is 52.0 Å². The van der Waals surface area contributed by atoms with Crippen LogP contribution in [0.25, 0.3) is 0 Å². The van der Waals surface area contributed by atoms with E-state index in [0.717, 1.165) is 11.4 Å². The normalized spacial score (nSPS) is 12.6. The summed E-state index contributed by atoms with van der Waals surface area (Å²) in [7, 11) is 0. The van der Waals surface area contributed by atoms with Crippen LogP contribution < -0.4 is 11.5 Å². The molecule has 4 aromatic carbocycles. The molecule has 276 valence electrons. The van der Waals surface area contributed by atoms with E-state index in [1.54, 1.807) is 0 Å². The fourth-order valence-corrected chi connectivity index (χ4v) is 7.79. The van der Waals surface area contributed by atoms with Crippen molar-refractivity contribution in [1.82, 2.24) is 0 Å². The highest BCUT2D eigenvalue weighted by molar-refractivity contribution is 5.44. The number of hydrogen-bond acceptors (Lipinski definition) is 2. The number of anilines is 2. The van der Waals surface area contributed by atoms with Gasteiger partial charge in [-0.15, -0.1) is 0 Å². The van der Waals surface area contributed by atoms with Gasteiger partial charge >= 0.3 is 0 Å². The number of unbranched alkanes of at least 4 members (excludes halogenated alkanes) is 14. The molecule has 0 amide bonds. The fourth-order valence-electron chi connectivity index (χ4n) is 7.79. The van der Waals surface area contributed by atoms with Crippen LogP contribution in [0.2, 0.25) is 0 Å². The Morgan fingerprint density at radius 1 is 0.333 bits per heavy atom. The first-order valence-corrected chi connectivity index (χ1v) is 21.0. The van der Waals surface area contributed by atoms with Crippen molar-refractivity contribution in [1.29, 1.82) is 0 Å². The Kier molecular flexibility index (Phi) is 18.8. The van der Waals surface area contributed by atoms with Crippen molar-refractivity contribution < 1.29 is 0 Å². The number of benzene rings is 4. The van der Waals surface area contributed by atoms with Crippen molar-refractivity contribution in [2.24, 2.45) is 0 Å². The Balaban J connectivity index is 1.17. The zero-order chi connectivity index (χ0) is 35.9. The lowest BCUT2D eigenvalue weighted by Gasteiger charge is -2.19. The fraction of sp³-hybridized carbons (Fsp3) is 0.510. The summed E-state index contributed by atoms with van der Waals surface area (Å²) in [5, 5.41) is 0. The Morgan fingerprint density at radius 3 is 0.941 bits per heavy atom. The molecular formula is C49H70N2. The van der Waals surface area contributed by atoms with Crippen LogP contribution in [-0.4, -0.2) is 0 Å². The second-order valence-electron chi connectivity index (χ2n) is 15.3. The number of nitrogen functional groups attached to an aromatic ring is 2. The van der Waals surface area contributed by atoms with E-state index in [-0.39, 0.29) is 0 Å². The molecule has 4 N–H and O–H groups in total. The van der Waals surface area contributed by atoms with Gasteiger partial charge in [0.2, 0.25) is 0 Å². The number of rotatable bonds is 26. The first kappa shape index (κ1) is 40.3. The molecule has 4 aromatic rings. The summed E-state index contributed by atoms with van der Waals surface area (Å²) in [6.07, 6.45) is 27.3. The molecule has 0 bridgehead atoms. The molecule has 0 radical (unpaired) electrons. The quantitative estimate of drug-likeness (QED) is 0.0510. The van der Waals surface area contributed by atoms with Gasteiger partial charge in [-0.2, -0.15) is 0 Å². The summed E-state index contributed by atoms with van der Waals surface area (Å²) in [5.41, 5.74) is 22.4. The van der Waals surface area contributed by atoms with Crippen molar-refractivity contribution in [3.8, 4) is 0 Å². The highest BCUT2D eigenvalue weighted by Crippen LogP contribution is 2.33. The lowest BCUT2D eigenvalue weighted by molar-refractivity contribution is 0.568. The Bertz CT molecular complexity index is 1320. The smallest absolute Gasteiger partial charge is 0.0314 e. The standard InChI is InChI=1S/C49H70N2/c1-3-5-7-9-14-18-22-48(44-32-36-46(50)37-33-44)42-28-24-40(25-29-42)20-16-12-11-13-17-21-41-26-30-43(31-27-41)49(23-19-15-10-8-6-4-2)45-34-38-47(51)39-35-45/h24-39,48-49H,3-23,50-51H2,1-2H3. The molecule has 0 aromatic heterocycles. The third kappa shape index (κ3) is 14.9. The van der Waals surface area contributed by atoms with Crippen LogP contribution in [0.1, 0.15) is 181 Å². The molecule has 0 spiro atoms. The first-order valence-electron chi connectivity index (χ1n) is 21.0. The maximum atomic E-state index is 6.02. The Hall–Kier alpha value is -3.52. The molecule has 0 heterocycles. The number of hydrogen-bond donors (Lipinski definition) is 2. The van der Waals surface area contributed by atoms with Gasteiger partial charge in [-0.1, -0.05) is 183 Å². The average Bonchev–Trinajstić information content (AvgIpc) is 3.16. The van der Waals surface area contributed by atoms with E-state index in [1.807, 2.05) is 0 Å². The van der Waals surface area contributed by atoms with Crippen molar-refractivity contribution in [2.45, 2.75) is 161 Å². The molecule has 4 rings (SSSR count). The van der Waals surface area contributed by atoms with Crippen molar-refractivity contribution >= 4 is 11.4 Å². The second-order valence-corrected chi connectivity index (χ2v) is 15.3. The van der Waals surface area contributed by atoms with Crippen LogP contribution in [-0.2, 0) is 12.8 Å². The summed E-state index contributed by atoms with van der Waals surface area (Å²) >= 11 is 0. The maximum Gasteiger partial charge on any atom is 0.0314 e. The highest BCUT2D eigenvalue weighted by Gasteiger charge is 2.16. The van der Waals surface area contributed by atoms with E-state index >= 15 is 0 Å². The summed E-state index contributed by atoms with van der Waals surface area (Å²) in [4.78, 5) is 0. The molecule has 2 unspecified atom stereocenters. The molecule has 0 aliphatic rings. The minimum Gasteiger partial charge on any atom is -0.399 e. The minimum atomic E-state index is 0.456. The largest absolute Gasteiger partial charge is 0.399 e. The lowest BCUT2D eigenvalue weighted by Crippen LogP contribution is -2.02. The number of nitrogens with two attached hydrogens (primary N) is 2. The number of aryl methyl sites for hydroxylation is 2. The van der Waals surface area contributed by atoms with E-state index < -0.39 is 0 Å². The molecule has 2 heteroatoms. The zero-order valence-corrected chi connectivity index (χ0v) is 32.4. The third-order valence-corrected chi connectivity index (χ3v) is 11.1. The van der Waals surface area contributed by atoms with Gasteiger partial charge in [0.1, 0.15) is 0 Å². The van der Waals surface area contributed by atoms with E-state index in [0.29, 0.717) is 11.8 Å². The lowest BCUT2D eigenvalue weighted by atomic mass is 9.86. The molecule has 2 atom stereocenters. The Morgan fingerprint density at radius 2 is 0.608 bits per heavy atom. The minimum absolute atomic E-state index is 0.456. The molecule has 0 aliphatic carbocycles. The van der Waals surface area contributed by atoms with Crippen LogP contribution in [0.4, 0.5) is 11.4 Å². The van der Waals surface area contributed by atoms with E-state index in [1.165, 1.54) is 168 Å². The monoisotopic (exact) mass is 687 g/mol. The molecule has 0 fully saturated rings. The van der Waals surface area contributed by atoms with Crippen molar-refractivity contribution in [3.63, 3.8) is 0 Å². The average molecular weight is 687 g/mol. The molecular weight excluding hydrogens is 617 g/mol. The van der Waals surface area contributed by atoms with Gasteiger partial charge in [-0.05, 0) is 96.2 Å². The predicted molar refractivity (Wildman–Crippen MR) is 225 cm³/mol. The van der Waals surface area contributed by atoms with Gasteiger partial charge < -0.3 is 11.5 Å². The molecule has 2 nitrogen and oxygen atoms in total.